The van der Waals surface area contributed by atoms with Crippen molar-refractivity contribution in [3.63, 3.8) is 0 Å². The number of rotatable bonds is 3. The molecule has 9 heteroatoms. The van der Waals surface area contributed by atoms with Gasteiger partial charge < -0.3 is 19.1 Å². The fourth-order valence-electron chi connectivity index (χ4n) is 3.36. The van der Waals surface area contributed by atoms with Crippen LogP contribution in [0.25, 0.3) is 10.9 Å². The Morgan fingerprint density at radius 1 is 1.10 bits per heavy atom. The Labute approximate surface area is 177 Å². The summed E-state index contributed by atoms with van der Waals surface area (Å²) in [7, 11) is 2.03. The van der Waals surface area contributed by atoms with E-state index in [1.54, 1.807) is 18.1 Å². The minimum absolute atomic E-state index is 0.0136. The fourth-order valence-corrected chi connectivity index (χ4v) is 4.52. The van der Waals surface area contributed by atoms with Crippen molar-refractivity contribution in [1.82, 2.24) is 9.55 Å². The number of carbonyl (C=O) groups is 3. The van der Waals surface area contributed by atoms with Crippen LogP contribution in [0.1, 0.15) is 16.1 Å². The van der Waals surface area contributed by atoms with E-state index in [0.29, 0.717) is 0 Å². The molecule has 1 unspecified atom stereocenters. The summed E-state index contributed by atoms with van der Waals surface area (Å²) in [6.07, 6.45) is 3.62. The molecule has 0 spiro atoms. The summed E-state index contributed by atoms with van der Waals surface area (Å²) < 4.78 is 4.29. The van der Waals surface area contributed by atoms with Gasteiger partial charge in [-0.25, -0.2) is 9.59 Å². The summed E-state index contributed by atoms with van der Waals surface area (Å²) in [5.74, 6) is -2.57. The predicted molar refractivity (Wildman–Crippen MR) is 115 cm³/mol. The molecule has 0 aliphatic carbocycles. The van der Waals surface area contributed by atoms with Crippen LogP contribution in [0.3, 0.4) is 0 Å². The Balaban J connectivity index is 0.000000377. The van der Waals surface area contributed by atoms with Crippen LogP contribution in [-0.4, -0.2) is 49.8 Å². The van der Waals surface area contributed by atoms with Gasteiger partial charge in [0.15, 0.2) is 5.78 Å². The van der Waals surface area contributed by atoms with Crippen LogP contribution in [0, 0.1) is 12.8 Å². The van der Waals surface area contributed by atoms with Gasteiger partial charge in [-0.1, -0.05) is 18.2 Å². The number of carboxylic acid groups (broad SMARTS) is 2. The molecule has 0 radical (unpaired) electrons. The molecule has 1 fully saturated rings. The van der Waals surface area contributed by atoms with Crippen molar-refractivity contribution in [3.8, 4) is 0 Å². The Morgan fingerprint density at radius 2 is 1.80 bits per heavy atom. The number of aromatic nitrogens is 2. The van der Waals surface area contributed by atoms with Crippen LogP contribution in [0.4, 0.5) is 5.69 Å². The normalized spacial score (nSPS) is 15.5. The second-order valence-corrected chi connectivity index (χ2v) is 7.81. The number of nitrogens with zero attached hydrogens (tertiary/aromatic N) is 3. The average Bonchev–Trinajstić information content (AvgIpc) is 3.33. The molecular formula is C21H21N3O5S. The number of carbonyl (C=O) groups excluding carboxylic acids is 1. The number of aliphatic carboxylic acids is 2. The number of fused-ring (bicyclic) bond motifs is 1. The SMILES string of the molecule is Cc1c(C(=O)C2CSN(c3cccnc3)C2)c2ccccc2n1C.O=C(O)C(=O)O. The lowest BCUT2D eigenvalue weighted by Crippen LogP contribution is -2.22. The third-order valence-electron chi connectivity index (χ3n) is 4.95. The fraction of sp³-hybridized carbons (Fsp3) is 0.238. The van der Waals surface area contributed by atoms with Gasteiger partial charge in [-0.3, -0.25) is 9.78 Å². The van der Waals surface area contributed by atoms with Gasteiger partial charge in [-0.05, 0) is 37.1 Å². The van der Waals surface area contributed by atoms with E-state index in [1.807, 2.05) is 44.4 Å². The highest BCUT2D eigenvalue weighted by Crippen LogP contribution is 2.35. The lowest BCUT2D eigenvalue weighted by atomic mass is 9.96. The highest BCUT2D eigenvalue weighted by Gasteiger charge is 2.32. The first kappa shape index (κ1) is 21.4. The van der Waals surface area contributed by atoms with Crippen molar-refractivity contribution in [2.45, 2.75) is 6.92 Å². The van der Waals surface area contributed by atoms with Crippen molar-refractivity contribution in [1.29, 1.82) is 0 Å². The smallest absolute Gasteiger partial charge is 0.414 e. The van der Waals surface area contributed by atoms with Crippen molar-refractivity contribution in [3.05, 3.63) is 60.0 Å². The van der Waals surface area contributed by atoms with E-state index >= 15 is 0 Å². The highest BCUT2D eigenvalue weighted by atomic mass is 32.2. The van der Waals surface area contributed by atoms with E-state index in [4.69, 9.17) is 19.8 Å². The number of ketones is 1. The molecule has 8 nitrogen and oxygen atoms in total. The maximum Gasteiger partial charge on any atom is 0.414 e. The van der Waals surface area contributed by atoms with E-state index in [0.717, 1.165) is 40.1 Å². The number of Topliss-reactive ketones (excluding diaryl/α,β-unsaturated/α-hetero) is 1. The van der Waals surface area contributed by atoms with Gasteiger partial charge >= 0.3 is 11.9 Å². The van der Waals surface area contributed by atoms with E-state index in [2.05, 4.69) is 26.0 Å². The van der Waals surface area contributed by atoms with Gasteiger partial charge in [0, 0.05) is 47.7 Å². The van der Waals surface area contributed by atoms with Gasteiger partial charge in [-0.2, -0.15) is 0 Å². The van der Waals surface area contributed by atoms with Gasteiger partial charge in [0.25, 0.3) is 0 Å². The predicted octanol–water partition coefficient (Wildman–Crippen LogP) is 3.00. The lowest BCUT2D eigenvalue weighted by Gasteiger charge is -2.16. The third kappa shape index (κ3) is 4.30. The van der Waals surface area contributed by atoms with Crippen LogP contribution in [0.2, 0.25) is 0 Å². The Morgan fingerprint density at radius 3 is 2.43 bits per heavy atom. The van der Waals surface area contributed by atoms with Crippen molar-refractivity contribution in [2.24, 2.45) is 13.0 Å². The first-order valence-electron chi connectivity index (χ1n) is 9.16. The monoisotopic (exact) mass is 427 g/mol. The number of hydrogen-bond donors (Lipinski definition) is 2. The molecule has 4 rings (SSSR count). The van der Waals surface area contributed by atoms with Crippen LogP contribution >= 0.6 is 11.9 Å². The summed E-state index contributed by atoms with van der Waals surface area (Å²) >= 11 is 1.71. The molecule has 1 aromatic carbocycles. The molecule has 2 N–H and O–H groups in total. The molecule has 30 heavy (non-hydrogen) atoms. The quantitative estimate of drug-likeness (QED) is 0.373. The minimum Gasteiger partial charge on any atom is -0.473 e. The standard InChI is InChI=1S/C19H19N3OS.C2H2O4/c1-13-18(16-7-3-4-8-17(16)21(13)2)19(23)14-11-22(24-12-14)15-6-5-9-20-10-15;3-1(4)2(5)6/h3-10,14H,11-12H2,1-2H3;(H,3,4)(H,5,6). The Bertz CT molecular complexity index is 1080. The number of para-hydroxylation sites is 1. The largest absolute Gasteiger partial charge is 0.473 e. The molecule has 1 aliphatic rings. The number of benzene rings is 1. The number of hydrogen-bond acceptors (Lipinski definition) is 6. The van der Waals surface area contributed by atoms with Gasteiger partial charge in [0.05, 0.1) is 17.8 Å². The molecule has 3 heterocycles. The summed E-state index contributed by atoms with van der Waals surface area (Å²) in [6, 6.07) is 12.1. The van der Waals surface area contributed by atoms with Crippen molar-refractivity contribution >= 4 is 46.3 Å². The van der Waals surface area contributed by atoms with Crippen molar-refractivity contribution < 1.29 is 24.6 Å². The van der Waals surface area contributed by atoms with Crippen LogP contribution in [0.15, 0.2) is 48.8 Å². The summed E-state index contributed by atoms with van der Waals surface area (Å²) in [4.78, 5) is 35.6. The molecule has 0 bridgehead atoms. The Kier molecular flexibility index (Phi) is 6.41. The molecule has 0 saturated carbocycles. The van der Waals surface area contributed by atoms with Crippen LogP contribution < -0.4 is 4.31 Å². The molecule has 1 aliphatic heterocycles. The number of aryl methyl sites for hydroxylation is 1. The second-order valence-electron chi connectivity index (χ2n) is 6.78. The van der Waals surface area contributed by atoms with E-state index in [-0.39, 0.29) is 11.7 Å². The van der Waals surface area contributed by atoms with Gasteiger partial charge in [0.2, 0.25) is 0 Å². The number of anilines is 1. The lowest BCUT2D eigenvalue weighted by molar-refractivity contribution is -0.159. The maximum atomic E-state index is 13.2. The zero-order chi connectivity index (χ0) is 21.8. The first-order chi connectivity index (χ1) is 14.3. The summed E-state index contributed by atoms with van der Waals surface area (Å²) in [6.45, 7) is 2.77. The molecule has 1 atom stereocenters. The molecule has 1 saturated heterocycles. The zero-order valence-electron chi connectivity index (χ0n) is 16.5. The van der Waals surface area contributed by atoms with E-state index in [1.165, 1.54) is 0 Å². The molecule has 2 aromatic heterocycles. The minimum atomic E-state index is -1.82. The topological polar surface area (TPSA) is 113 Å². The van der Waals surface area contributed by atoms with E-state index in [9.17, 15) is 4.79 Å². The molecule has 3 aromatic rings. The first-order valence-corrected chi connectivity index (χ1v) is 10.1. The van der Waals surface area contributed by atoms with Crippen LogP contribution in [-0.2, 0) is 16.6 Å². The van der Waals surface area contributed by atoms with Gasteiger partial charge in [-0.15, -0.1) is 0 Å². The van der Waals surface area contributed by atoms with Crippen molar-refractivity contribution in [2.75, 3.05) is 16.6 Å². The summed E-state index contributed by atoms with van der Waals surface area (Å²) in [5.41, 5.74) is 4.11. The number of carboxylic acids is 2. The molecule has 156 valence electrons. The van der Waals surface area contributed by atoms with Crippen LogP contribution in [0.5, 0.6) is 0 Å². The molecular weight excluding hydrogens is 406 g/mol. The number of pyridine rings is 1. The molecule has 0 amide bonds. The third-order valence-corrected chi connectivity index (χ3v) is 6.17. The summed E-state index contributed by atoms with van der Waals surface area (Å²) in [5, 5.41) is 15.8. The van der Waals surface area contributed by atoms with E-state index < -0.39 is 11.9 Å². The maximum absolute atomic E-state index is 13.2. The van der Waals surface area contributed by atoms with Gasteiger partial charge in [0.1, 0.15) is 0 Å². The average molecular weight is 427 g/mol. The zero-order valence-corrected chi connectivity index (χ0v) is 17.3. The second kappa shape index (κ2) is 9.00. The highest BCUT2D eigenvalue weighted by molar-refractivity contribution is 8.00. The Hall–Kier alpha value is -3.33.